The molecular formula is C16H22ClN3O2. The molecule has 0 spiro atoms. The van der Waals surface area contributed by atoms with Crippen LogP contribution < -0.4 is 10.1 Å². The predicted octanol–water partition coefficient (Wildman–Crippen LogP) is 2.59. The Kier molecular flexibility index (Phi) is 4.86. The maximum Gasteiger partial charge on any atom is 0.139 e. The molecule has 0 saturated carbocycles. The fourth-order valence-electron chi connectivity index (χ4n) is 3.11. The summed E-state index contributed by atoms with van der Waals surface area (Å²) in [5.41, 5.74) is 1.90. The van der Waals surface area contributed by atoms with Crippen molar-refractivity contribution in [2.75, 3.05) is 13.7 Å². The van der Waals surface area contributed by atoms with Gasteiger partial charge in [0, 0.05) is 18.7 Å². The summed E-state index contributed by atoms with van der Waals surface area (Å²) in [7, 11) is 1.60. The molecule has 2 N–H and O–H groups in total. The first-order valence-electron chi connectivity index (χ1n) is 7.79. The number of aromatic nitrogens is 2. The van der Waals surface area contributed by atoms with E-state index >= 15 is 0 Å². The highest BCUT2D eigenvalue weighted by Crippen LogP contribution is 2.29. The summed E-state index contributed by atoms with van der Waals surface area (Å²) >= 11 is 6.20. The highest BCUT2D eigenvalue weighted by molar-refractivity contribution is 6.32. The molecule has 0 bridgehead atoms. The van der Waals surface area contributed by atoms with E-state index in [0.29, 0.717) is 10.8 Å². The largest absolute Gasteiger partial charge is 0.495 e. The molecule has 1 aliphatic heterocycles. The number of ether oxygens (including phenoxy) is 1. The summed E-state index contributed by atoms with van der Waals surface area (Å²) in [5.74, 6) is 0.647. The SMILES string of the molecule is COc1cc2ncn(CCCC3NCCC[C@@H]3O)c2cc1Cl. The Morgan fingerprint density at radius 3 is 3.14 bits per heavy atom. The van der Waals surface area contributed by atoms with Crippen molar-refractivity contribution in [1.82, 2.24) is 14.9 Å². The van der Waals surface area contributed by atoms with Gasteiger partial charge in [-0.15, -0.1) is 0 Å². The van der Waals surface area contributed by atoms with E-state index in [1.165, 1.54) is 0 Å². The van der Waals surface area contributed by atoms with Gasteiger partial charge in [0.25, 0.3) is 0 Å². The van der Waals surface area contributed by atoms with Crippen molar-refractivity contribution in [2.45, 2.75) is 44.4 Å². The molecular weight excluding hydrogens is 302 g/mol. The van der Waals surface area contributed by atoms with Crippen LogP contribution in [0, 0.1) is 0 Å². The van der Waals surface area contributed by atoms with E-state index in [1.54, 1.807) is 7.11 Å². The molecule has 0 amide bonds. The van der Waals surface area contributed by atoms with E-state index in [4.69, 9.17) is 16.3 Å². The summed E-state index contributed by atoms with van der Waals surface area (Å²) in [5, 5.41) is 14.0. The number of hydrogen-bond acceptors (Lipinski definition) is 4. The van der Waals surface area contributed by atoms with Crippen molar-refractivity contribution in [3.05, 3.63) is 23.5 Å². The molecule has 1 aromatic heterocycles. The zero-order valence-electron chi connectivity index (χ0n) is 12.8. The van der Waals surface area contributed by atoms with Crippen LogP contribution in [0.4, 0.5) is 0 Å². The van der Waals surface area contributed by atoms with Crippen LogP contribution in [0.5, 0.6) is 5.75 Å². The molecule has 2 heterocycles. The van der Waals surface area contributed by atoms with Gasteiger partial charge in [0.15, 0.2) is 0 Å². The van der Waals surface area contributed by atoms with Crippen LogP contribution in [0.2, 0.25) is 5.02 Å². The van der Waals surface area contributed by atoms with Crippen LogP contribution >= 0.6 is 11.6 Å². The second-order valence-corrected chi connectivity index (χ2v) is 6.23. The van der Waals surface area contributed by atoms with E-state index < -0.39 is 0 Å². The Bertz CT molecular complexity index is 644. The number of aliphatic hydroxyl groups is 1. The van der Waals surface area contributed by atoms with Crippen LogP contribution in [0.25, 0.3) is 11.0 Å². The molecule has 1 aliphatic rings. The minimum absolute atomic E-state index is 0.215. The van der Waals surface area contributed by atoms with Gasteiger partial charge in [-0.1, -0.05) is 11.6 Å². The van der Waals surface area contributed by atoms with Crippen LogP contribution in [0.3, 0.4) is 0 Å². The number of hydrogen-bond donors (Lipinski definition) is 2. The van der Waals surface area contributed by atoms with Gasteiger partial charge in [-0.25, -0.2) is 4.98 Å². The third-order valence-corrected chi connectivity index (χ3v) is 4.65. The average molecular weight is 324 g/mol. The molecule has 2 aromatic rings. The number of rotatable bonds is 5. The number of imidazole rings is 1. The molecule has 0 radical (unpaired) electrons. The van der Waals surface area contributed by atoms with Gasteiger partial charge in [-0.3, -0.25) is 0 Å². The van der Waals surface area contributed by atoms with Crippen molar-refractivity contribution in [2.24, 2.45) is 0 Å². The average Bonchev–Trinajstić information content (AvgIpc) is 2.90. The maximum absolute atomic E-state index is 9.98. The molecule has 2 atom stereocenters. The van der Waals surface area contributed by atoms with Crippen molar-refractivity contribution < 1.29 is 9.84 Å². The smallest absolute Gasteiger partial charge is 0.139 e. The predicted molar refractivity (Wildman–Crippen MR) is 87.6 cm³/mol. The van der Waals surface area contributed by atoms with E-state index in [9.17, 15) is 5.11 Å². The zero-order valence-corrected chi connectivity index (χ0v) is 13.5. The molecule has 1 unspecified atom stereocenters. The molecule has 1 fully saturated rings. The standard InChI is InChI=1S/C16H22ClN3O2/c1-22-16-9-13-14(8-11(16)17)20(10-19-13)7-3-4-12-15(21)5-2-6-18-12/h8-10,12,15,18,21H,2-7H2,1H3/t12?,15-/m0/s1. The second kappa shape index (κ2) is 6.86. The van der Waals surface area contributed by atoms with Crippen LogP contribution in [-0.4, -0.2) is 40.5 Å². The first kappa shape index (κ1) is 15.6. The number of piperidine rings is 1. The number of aliphatic hydroxyl groups excluding tert-OH is 1. The Balaban J connectivity index is 1.65. The number of fused-ring (bicyclic) bond motifs is 1. The first-order valence-corrected chi connectivity index (χ1v) is 8.16. The van der Waals surface area contributed by atoms with Gasteiger partial charge in [-0.05, 0) is 38.3 Å². The number of nitrogens with zero attached hydrogens (tertiary/aromatic N) is 2. The highest BCUT2D eigenvalue weighted by Gasteiger charge is 2.21. The van der Waals surface area contributed by atoms with Crippen LogP contribution in [0.1, 0.15) is 25.7 Å². The fraction of sp³-hybridized carbons (Fsp3) is 0.562. The highest BCUT2D eigenvalue weighted by atomic mass is 35.5. The summed E-state index contributed by atoms with van der Waals surface area (Å²) in [6.07, 6.45) is 5.54. The van der Waals surface area contributed by atoms with E-state index in [2.05, 4.69) is 14.9 Å². The van der Waals surface area contributed by atoms with Gasteiger partial charge in [-0.2, -0.15) is 0 Å². The lowest BCUT2D eigenvalue weighted by molar-refractivity contribution is 0.0909. The third kappa shape index (κ3) is 3.21. The number of nitrogens with one attached hydrogen (secondary N) is 1. The lowest BCUT2D eigenvalue weighted by atomic mass is 9.97. The Hall–Kier alpha value is -1.30. The Morgan fingerprint density at radius 2 is 2.36 bits per heavy atom. The Labute approximate surface area is 135 Å². The normalized spacial score (nSPS) is 22.1. The summed E-state index contributed by atoms with van der Waals surface area (Å²) in [6, 6.07) is 3.98. The number of methoxy groups -OCH3 is 1. The first-order chi connectivity index (χ1) is 10.7. The molecule has 1 aromatic carbocycles. The fourth-order valence-corrected chi connectivity index (χ4v) is 3.34. The van der Waals surface area contributed by atoms with Crippen molar-refractivity contribution >= 4 is 22.6 Å². The van der Waals surface area contributed by atoms with Gasteiger partial charge in [0.1, 0.15) is 5.75 Å². The summed E-state index contributed by atoms with van der Waals surface area (Å²) in [6.45, 7) is 1.87. The number of halogens is 1. The number of aryl methyl sites for hydroxylation is 1. The zero-order chi connectivity index (χ0) is 15.5. The van der Waals surface area contributed by atoms with Gasteiger partial charge >= 0.3 is 0 Å². The lowest BCUT2D eigenvalue weighted by Gasteiger charge is -2.29. The van der Waals surface area contributed by atoms with Crippen molar-refractivity contribution in [1.29, 1.82) is 0 Å². The quantitative estimate of drug-likeness (QED) is 0.888. The summed E-state index contributed by atoms with van der Waals surface area (Å²) in [4.78, 5) is 4.41. The lowest BCUT2D eigenvalue weighted by Crippen LogP contribution is -2.44. The minimum Gasteiger partial charge on any atom is -0.495 e. The van der Waals surface area contributed by atoms with Crippen molar-refractivity contribution in [3.8, 4) is 5.75 Å². The van der Waals surface area contributed by atoms with E-state index in [0.717, 1.165) is 49.8 Å². The van der Waals surface area contributed by atoms with Crippen LogP contribution in [0.15, 0.2) is 18.5 Å². The van der Waals surface area contributed by atoms with Crippen molar-refractivity contribution in [3.63, 3.8) is 0 Å². The van der Waals surface area contributed by atoms with Crippen LogP contribution in [-0.2, 0) is 6.54 Å². The van der Waals surface area contributed by atoms with E-state index in [-0.39, 0.29) is 12.1 Å². The monoisotopic (exact) mass is 323 g/mol. The topological polar surface area (TPSA) is 59.3 Å². The van der Waals surface area contributed by atoms with Gasteiger partial charge in [0.2, 0.25) is 0 Å². The molecule has 0 aliphatic carbocycles. The minimum atomic E-state index is -0.216. The molecule has 6 heteroatoms. The maximum atomic E-state index is 9.98. The molecule has 5 nitrogen and oxygen atoms in total. The Morgan fingerprint density at radius 1 is 1.50 bits per heavy atom. The third-order valence-electron chi connectivity index (χ3n) is 4.36. The van der Waals surface area contributed by atoms with Gasteiger partial charge < -0.3 is 19.7 Å². The summed E-state index contributed by atoms with van der Waals surface area (Å²) < 4.78 is 7.32. The second-order valence-electron chi connectivity index (χ2n) is 5.83. The molecule has 1 saturated heterocycles. The molecule has 120 valence electrons. The molecule has 22 heavy (non-hydrogen) atoms. The molecule has 3 rings (SSSR count). The van der Waals surface area contributed by atoms with E-state index in [1.807, 2.05) is 18.5 Å². The van der Waals surface area contributed by atoms with Gasteiger partial charge in [0.05, 0.1) is 35.6 Å². The number of benzene rings is 1.